The molecule has 3 heteroatoms. The second kappa shape index (κ2) is 4.50. The normalized spacial score (nSPS) is 25.3. The van der Waals surface area contributed by atoms with Crippen LogP contribution in [0, 0.1) is 17.2 Å². The number of nitrogens with zero attached hydrogens (tertiary/aromatic N) is 2. The van der Waals surface area contributed by atoms with Crippen molar-refractivity contribution < 1.29 is 0 Å². The highest BCUT2D eigenvalue weighted by molar-refractivity contribution is 5.10. The van der Waals surface area contributed by atoms with Crippen molar-refractivity contribution in [1.29, 1.82) is 5.26 Å². The molecule has 1 aromatic heterocycles. The first-order valence-corrected chi connectivity index (χ1v) is 5.53. The van der Waals surface area contributed by atoms with Crippen molar-refractivity contribution in [1.82, 2.24) is 9.88 Å². The maximum absolute atomic E-state index is 8.94. The standard InChI is InChI=1S/C12H17N3/c1-15-6-5-10(9-15)8-14-12-4-2-3-11(12)7-13/h5-6,9,11-12,14H,2-4,8H2,1H3. The zero-order valence-electron chi connectivity index (χ0n) is 9.11. The van der Waals surface area contributed by atoms with Crippen LogP contribution < -0.4 is 5.32 Å². The maximum atomic E-state index is 8.94. The summed E-state index contributed by atoms with van der Waals surface area (Å²) in [5.74, 6) is 0.216. The highest BCUT2D eigenvalue weighted by atomic mass is 14.9. The van der Waals surface area contributed by atoms with E-state index in [1.165, 1.54) is 12.0 Å². The van der Waals surface area contributed by atoms with Crippen LogP contribution in [0.2, 0.25) is 0 Å². The molecule has 3 nitrogen and oxygen atoms in total. The lowest BCUT2D eigenvalue weighted by atomic mass is 10.1. The van der Waals surface area contributed by atoms with E-state index in [9.17, 15) is 0 Å². The summed E-state index contributed by atoms with van der Waals surface area (Å²) in [7, 11) is 2.02. The Morgan fingerprint density at radius 3 is 3.13 bits per heavy atom. The van der Waals surface area contributed by atoms with Gasteiger partial charge in [0.05, 0.1) is 12.0 Å². The molecule has 0 spiro atoms. The van der Waals surface area contributed by atoms with E-state index >= 15 is 0 Å². The van der Waals surface area contributed by atoms with E-state index in [2.05, 4.69) is 23.6 Å². The minimum absolute atomic E-state index is 0.216. The van der Waals surface area contributed by atoms with Crippen molar-refractivity contribution in [2.45, 2.75) is 31.8 Å². The number of aryl methyl sites for hydroxylation is 1. The Morgan fingerprint density at radius 1 is 1.60 bits per heavy atom. The summed E-state index contributed by atoms with van der Waals surface area (Å²) in [6, 6.07) is 4.90. The Bertz CT molecular complexity index is 361. The van der Waals surface area contributed by atoms with E-state index < -0.39 is 0 Å². The van der Waals surface area contributed by atoms with Crippen LogP contribution in [-0.2, 0) is 13.6 Å². The van der Waals surface area contributed by atoms with Gasteiger partial charge >= 0.3 is 0 Å². The Balaban J connectivity index is 1.85. The molecule has 1 N–H and O–H groups in total. The zero-order valence-corrected chi connectivity index (χ0v) is 9.11. The van der Waals surface area contributed by atoms with Crippen LogP contribution >= 0.6 is 0 Å². The van der Waals surface area contributed by atoms with Crippen molar-refractivity contribution in [2.75, 3.05) is 0 Å². The van der Waals surface area contributed by atoms with Crippen molar-refractivity contribution in [3.8, 4) is 6.07 Å². The molecule has 2 atom stereocenters. The van der Waals surface area contributed by atoms with E-state index in [0.29, 0.717) is 6.04 Å². The summed E-state index contributed by atoms with van der Waals surface area (Å²) in [6.45, 7) is 0.879. The summed E-state index contributed by atoms with van der Waals surface area (Å²) in [6.07, 6.45) is 7.55. The van der Waals surface area contributed by atoms with E-state index in [1.807, 2.05) is 17.8 Å². The van der Waals surface area contributed by atoms with Crippen LogP contribution in [-0.4, -0.2) is 10.6 Å². The smallest absolute Gasteiger partial charge is 0.0672 e. The minimum Gasteiger partial charge on any atom is -0.357 e. The number of nitrogens with one attached hydrogen (secondary N) is 1. The van der Waals surface area contributed by atoms with Crippen LogP contribution in [0.1, 0.15) is 24.8 Å². The lowest BCUT2D eigenvalue weighted by Gasteiger charge is -2.14. The number of nitriles is 1. The third-order valence-electron chi connectivity index (χ3n) is 3.14. The molecule has 2 unspecified atom stereocenters. The first-order valence-electron chi connectivity index (χ1n) is 5.53. The van der Waals surface area contributed by atoms with Gasteiger partial charge in [-0.2, -0.15) is 5.26 Å². The minimum atomic E-state index is 0.216. The van der Waals surface area contributed by atoms with Crippen LogP contribution in [0.25, 0.3) is 0 Å². The molecule has 0 aromatic carbocycles. The van der Waals surface area contributed by atoms with E-state index in [4.69, 9.17) is 5.26 Å². The van der Waals surface area contributed by atoms with Gasteiger partial charge < -0.3 is 9.88 Å². The van der Waals surface area contributed by atoms with Crippen LogP contribution in [0.3, 0.4) is 0 Å². The van der Waals surface area contributed by atoms with Gasteiger partial charge in [-0.15, -0.1) is 0 Å². The van der Waals surface area contributed by atoms with Gasteiger partial charge in [-0.05, 0) is 24.5 Å². The molecule has 0 radical (unpaired) electrons. The Labute approximate surface area is 90.7 Å². The number of hydrogen-bond donors (Lipinski definition) is 1. The van der Waals surface area contributed by atoms with Crippen LogP contribution in [0.5, 0.6) is 0 Å². The zero-order chi connectivity index (χ0) is 10.7. The van der Waals surface area contributed by atoms with Gasteiger partial charge in [-0.25, -0.2) is 0 Å². The van der Waals surface area contributed by atoms with E-state index in [0.717, 1.165) is 19.4 Å². The second-order valence-corrected chi connectivity index (χ2v) is 4.34. The maximum Gasteiger partial charge on any atom is 0.0672 e. The molecule has 80 valence electrons. The van der Waals surface area contributed by atoms with Gasteiger partial charge in [-0.1, -0.05) is 6.42 Å². The van der Waals surface area contributed by atoms with Crippen LogP contribution in [0.15, 0.2) is 18.5 Å². The van der Waals surface area contributed by atoms with E-state index in [1.54, 1.807) is 0 Å². The molecule has 0 bridgehead atoms. The lowest BCUT2D eigenvalue weighted by Crippen LogP contribution is -2.31. The third kappa shape index (κ3) is 2.40. The number of rotatable bonds is 3. The first kappa shape index (κ1) is 10.3. The summed E-state index contributed by atoms with van der Waals surface area (Å²) < 4.78 is 2.05. The van der Waals surface area contributed by atoms with Gasteiger partial charge in [0.1, 0.15) is 0 Å². The molecule has 15 heavy (non-hydrogen) atoms. The molecular formula is C12H17N3. The molecule has 0 saturated heterocycles. The predicted octanol–water partition coefficient (Wildman–Crippen LogP) is 1.81. The second-order valence-electron chi connectivity index (χ2n) is 4.34. The van der Waals surface area contributed by atoms with E-state index in [-0.39, 0.29) is 5.92 Å². The fourth-order valence-electron chi connectivity index (χ4n) is 2.27. The monoisotopic (exact) mass is 203 g/mol. The van der Waals surface area contributed by atoms with Gasteiger partial charge in [0, 0.05) is 32.0 Å². The Morgan fingerprint density at radius 2 is 2.47 bits per heavy atom. The summed E-state index contributed by atoms with van der Waals surface area (Å²) in [4.78, 5) is 0. The fourth-order valence-corrected chi connectivity index (χ4v) is 2.27. The van der Waals surface area contributed by atoms with Gasteiger partial charge in [0.25, 0.3) is 0 Å². The molecular weight excluding hydrogens is 186 g/mol. The molecule has 1 saturated carbocycles. The van der Waals surface area contributed by atoms with Crippen molar-refractivity contribution >= 4 is 0 Å². The third-order valence-corrected chi connectivity index (χ3v) is 3.14. The average Bonchev–Trinajstić information content (AvgIpc) is 2.83. The topological polar surface area (TPSA) is 40.8 Å². The molecule has 0 amide bonds. The van der Waals surface area contributed by atoms with Crippen LogP contribution in [0.4, 0.5) is 0 Å². The highest BCUT2D eigenvalue weighted by Gasteiger charge is 2.26. The predicted molar refractivity (Wildman–Crippen MR) is 59.0 cm³/mol. The molecule has 1 aliphatic rings. The summed E-state index contributed by atoms with van der Waals surface area (Å²) >= 11 is 0. The van der Waals surface area contributed by atoms with Gasteiger partial charge in [0.15, 0.2) is 0 Å². The Hall–Kier alpha value is -1.27. The first-order chi connectivity index (χ1) is 7.29. The number of hydrogen-bond acceptors (Lipinski definition) is 2. The van der Waals surface area contributed by atoms with Gasteiger partial charge in [0.2, 0.25) is 0 Å². The summed E-state index contributed by atoms with van der Waals surface area (Å²) in [5.41, 5.74) is 1.29. The molecule has 2 rings (SSSR count). The largest absolute Gasteiger partial charge is 0.357 e. The quantitative estimate of drug-likeness (QED) is 0.814. The molecule has 1 heterocycles. The van der Waals surface area contributed by atoms with Gasteiger partial charge in [-0.3, -0.25) is 0 Å². The average molecular weight is 203 g/mol. The van der Waals surface area contributed by atoms with Crippen molar-refractivity contribution in [2.24, 2.45) is 13.0 Å². The molecule has 0 aliphatic heterocycles. The SMILES string of the molecule is Cn1ccc(CNC2CCCC2C#N)c1. The lowest BCUT2D eigenvalue weighted by molar-refractivity contribution is 0.464. The van der Waals surface area contributed by atoms with Crippen molar-refractivity contribution in [3.63, 3.8) is 0 Å². The molecule has 1 aromatic rings. The number of aromatic nitrogens is 1. The van der Waals surface area contributed by atoms with Crippen molar-refractivity contribution in [3.05, 3.63) is 24.0 Å². The Kier molecular flexibility index (Phi) is 3.08. The fraction of sp³-hybridized carbons (Fsp3) is 0.583. The summed E-state index contributed by atoms with van der Waals surface area (Å²) in [5, 5.41) is 12.4. The molecule has 1 fully saturated rings. The highest BCUT2D eigenvalue weighted by Crippen LogP contribution is 2.25. The molecule has 1 aliphatic carbocycles.